The van der Waals surface area contributed by atoms with E-state index in [4.69, 9.17) is 4.74 Å². The predicted octanol–water partition coefficient (Wildman–Crippen LogP) is 1.52. The van der Waals surface area contributed by atoms with E-state index in [1.807, 2.05) is 0 Å². The molecule has 2 N–H and O–H groups in total. The van der Waals surface area contributed by atoms with Gasteiger partial charge in [0.2, 0.25) is 5.91 Å². The Labute approximate surface area is 116 Å². The summed E-state index contributed by atoms with van der Waals surface area (Å²) in [4.78, 5) is 10.7. The van der Waals surface area contributed by atoms with E-state index in [-0.39, 0.29) is 17.4 Å². The molecule has 0 aliphatic carbocycles. The zero-order valence-corrected chi connectivity index (χ0v) is 11.4. The van der Waals surface area contributed by atoms with Crippen molar-refractivity contribution < 1.29 is 23.0 Å². The van der Waals surface area contributed by atoms with Crippen molar-refractivity contribution in [3.8, 4) is 11.5 Å². The maximum atomic E-state index is 12.4. The van der Waals surface area contributed by atoms with Crippen molar-refractivity contribution in [3.05, 3.63) is 23.8 Å². The van der Waals surface area contributed by atoms with Crippen molar-refractivity contribution in [2.24, 2.45) is 0 Å². The summed E-state index contributed by atoms with van der Waals surface area (Å²) in [6.07, 6.45) is 0. The van der Waals surface area contributed by atoms with Gasteiger partial charge >= 0.3 is 6.61 Å². The maximum Gasteiger partial charge on any atom is 0.387 e. The summed E-state index contributed by atoms with van der Waals surface area (Å²) >= 11 is 0. The summed E-state index contributed by atoms with van der Waals surface area (Å²) in [5.41, 5.74) is 0.562. The van der Waals surface area contributed by atoms with Crippen LogP contribution in [-0.4, -0.2) is 32.7 Å². The highest BCUT2D eigenvalue weighted by Gasteiger charge is 2.14. The maximum absolute atomic E-state index is 12.4. The molecule has 1 aromatic carbocycles. The molecular formula is C13H18F2N2O3. The molecule has 0 unspecified atom stereocenters. The van der Waals surface area contributed by atoms with Gasteiger partial charge in [0.15, 0.2) is 11.5 Å². The molecule has 112 valence electrons. The molecule has 0 heterocycles. The lowest BCUT2D eigenvalue weighted by molar-refractivity contribution is -0.118. The molecule has 0 bridgehead atoms. The van der Waals surface area contributed by atoms with Gasteiger partial charge in [-0.1, -0.05) is 12.1 Å². The van der Waals surface area contributed by atoms with E-state index >= 15 is 0 Å². The zero-order valence-electron chi connectivity index (χ0n) is 11.4. The topological polar surface area (TPSA) is 59.6 Å². The van der Waals surface area contributed by atoms with Crippen LogP contribution in [0.5, 0.6) is 11.5 Å². The number of halogens is 2. The fourth-order valence-electron chi connectivity index (χ4n) is 1.63. The second-order valence-electron chi connectivity index (χ2n) is 3.99. The molecule has 0 saturated carbocycles. The Hall–Kier alpha value is -1.89. The minimum atomic E-state index is -2.91. The number of carbonyl (C=O) groups is 1. The number of methoxy groups -OCH3 is 1. The van der Waals surface area contributed by atoms with Gasteiger partial charge in [0.1, 0.15) is 0 Å². The number of para-hydroxylation sites is 1. The largest absolute Gasteiger partial charge is 0.493 e. The molecule has 20 heavy (non-hydrogen) atoms. The van der Waals surface area contributed by atoms with Crippen molar-refractivity contribution in [3.63, 3.8) is 0 Å². The molecule has 0 aliphatic heterocycles. The Morgan fingerprint density at radius 1 is 1.35 bits per heavy atom. The fourth-order valence-corrected chi connectivity index (χ4v) is 1.63. The Morgan fingerprint density at radius 2 is 2.10 bits per heavy atom. The number of benzene rings is 1. The van der Waals surface area contributed by atoms with Gasteiger partial charge in [0.25, 0.3) is 0 Å². The summed E-state index contributed by atoms with van der Waals surface area (Å²) in [6.45, 7) is -0.172. The average molecular weight is 288 g/mol. The summed E-state index contributed by atoms with van der Waals surface area (Å²) < 4.78 is 34.3. The minimum Gasteiger partial charge on any atom is -0.493 e. The van der Waals surface area contributed by atoms with Crippen LogP contribution < -0.4 is 20.1 Å². The normalized spacial score (nSPS) is 10.4. The number of hydrogen-bond donors (Lipinski definition) is 2. The van der Waals surface area contributed by atoms with Crippen molar-refractivity contribution in [2.75, 3.05) is 20.2 Å². The zero-order chi connectivity index (χ0) is 15.0. The number of hydrogen-bond acceptors (Lipinski definition) is 4. The Bertz CT molecular complexity index is 442. The van der Waals surface area contributed by atoms with Crippen LogP contribution in [0.3, 0.4) is 0 Å². The van der Waals surface area contributed by atoms with E-state index in [0.717, 1.165) is 0 Å². The highest BCUT2D eigenvalue weighted by molar-refractivity contribution is 5.72. The van der Waals surface area contributed by atoms with Gasteiger partial charge in [-0.2, -0.15) is 8.78 Å². The molecule has 0 spiro atoms. The first kappa shape index (κ1) is 16.2. The highest BCUT2D eigenvalue weighted by atomic mass is 19.3. The smallest absolute Gasteiger partial charge is 0.387 e. The monoisotopic (exact) mass is 288 g/mol. The number of amides is 1. The summed E-state index contributed by atoms with van der Waals surface area (Å²) in [7, 11) is 1.39. The van der Waals surface area contributed by atoms with Crippen LogP contribution in [0.15, 0.2) is 18.2 Å². The highest BCUT2D eigenvalue weighted by Crippen LogP contribution is 2.32. The van der Waals surface area contributed by atoms with Crippen LogP contribution >= 0.6 is 0 Å². The van der Waals surface area contributed by atoms with Crippen LogP contribution in [0.4, 0.5) is 8.78 Å². The van der Waals surface area contributed by atoms with Gasteiger partial charge in [-0.05, 0) is 6.07 Å². The summed E-state index contributed by atoms with van der Waals surface area (Å²) in [5.74, 6) is 0.165. The SMILES string of the molecule is COc1cccc(CNCCNC(C)=O)c1OC(F)F. The van der Waals surface area contributed by atoms with Crippen LogP contribution in [0.2, 0.25) is 0 Å². The average Bonchev–Trinajstić information content (AvgIpc) is 2.39. The third-order valence-electron chi connectivity index (χ3n) is 2.48. The predicted molar refractivity (Wildman–Crippen MR) is 70.0 cm³/mol. The number of alkyl halides is 2. The quantitative estimate of drug-likeness (QED) is 0.712. The second-order valence-corrected chi connectivity index (χ2v) is 3.99. The van der Waals surface area contributed by atoms with Crippen molar-refractivity contribution >= 4 is 5.91 Å². The third-order valence-corrected chi connectivity index (χ3v) is 2.48. The first-order valence-corrected chi connectivity index (χ1v) is 6.10. The molecule has 1 rings (SSSR count). The molecular weight excluding hydrogens is 270 g/mol. The molecule has 0 aromatic heterocycles. The number of ether oxygens (including phenoxy) is 2. The molecule has 0 atom stereocenters. The lowest BCUT2D eigenvalue weighted by Gasteiger charge is -2.14. The molecule has 5 nitrogen and oxygen atoms in total. The van der Waals surface area contributed by atoms with Gasteiger partial charge in [0, 0.05) is 32.1 Å². The van der Waals surface area contributed by atoms with Crippen LogP contribution in [0, 0.1) is 0 Å². The Kier molecular flexibility index (Phi) is 6.72. The molecule has 0 aliphatic rings. The molecule has 0 fully saturated rings. The van der Waals surface area contributed by atoms with Gasteiger partial charge in [0.05, 0.1) is 7.11 Å². The van der Waals surface area contributed by atoms with Gasteiger partial charge in [-0.3, -0.25) is 4.79 Å². The molecule has 1 aromatic rings. The van der Waals surface area contributed by atoms with Gasteiger partial charge < -0.3 is 20.1 Å². The number of rotatable bonds is 8. The molecule has 0 saturated heterocycles. The lowest BCUT2D eigenvalue weighted by atomic mass is 10.2. The summed E-state index contributed by atoms with van der Waals surface area (Å²) in [6, 6.07) is 4.92. The Balaban J connectivity index is 2.61. The van der Waals surface area contributed by atoms with E-state index in [2.05, 4.69) is 15.4 Å². The van der Waals surface area contributed by atoms with E-state index in [1.165, 1.54) is 14.0 Å². The number of nitrogens with one attached hydrogen (secondary N) is 2. The molecule has 7 heteroatoms. The van der Waals surface area contributed by atoms with Crippen molar-refractivity contribution in [1.82, 2.24) is 10.6 Å². The second kappa shape index (κ2) is 8.31. The van der Waals surface area contributed by atoms with Crippen LogP contribution in [0.25, 0.3) is 0 Å². The van der Waals surface area contributed by atoms with Crippen molar-refractivity contribution in [2.45, 2.75) is 20.1 Å². The van der Waals surface area contributed by atoms with Crippen LogP contribution in [0.1, 0.15) is 12.5 Å². The van der Waals surface area contributed by atoms with E-state index in [1.54, 1.807) is 18.2 Å². The molecule has 1 amide bonds. The van der Waals surface area contributed by atoms with Crippen molar-refractivity contribution in [1.29, 1.82) is 0 Å². The summed E-state index contributed by atoms with van der Waals surface area (Å²) in [5, 5.41) is 5.65. The minimum absolute atomic E-state index is 0.0250. The van der Waals surface area contributed by atoms with Crippen LogP contribution in [-0.2, 0) is 11.3 Å². The standard InChI is InChI=1S/C13H18F2N2O3/c1-9(18)17-7-6-16-8-10-4-3-5-11(19-2)12(10)20-13(14)15/h3-5,13,16H,6-8H2,1-2H3,(H,17,18). The van der Waals surface area contributed by atoms with E-state index in [0.29, 0.717) is 25.2 Å². The fraction of sp³-hybridized carbons (Fsp3) is 0.462. The van der Waals surface area contributed by atoms with E-state index < -0.39 is 6.61 Å². The first-order valence-electron chi connectivity index (χ1n) is 6.10. The first-order chi connectivity index (χ1) is 9.54. The van der Waals surface area contributed by atoms with Gasteiger partial charge in [-0.15, -0.1) is 0 Å². The molecule has 0 radical (unpaired) electrons. The third kappa shape index (κ3) is 5.40. The Morgan fingerprint density at radius 3 is 2.70 bits per heavy atom. The van der Waals surface area contributed by atoms with Gasteiger partial charge in [-0.25, -0.2) is 0 Å². The lowest BCUT2D eigenvalue weighted by Crippen LogP contribution is -2.30. The van der Waals surface area contributed by atoms with E-state index in [9.17, 15) is 13.6 Å². The number of carbonyl (C=O) groups excluding carboxylic acids is 1.